The summed E-state index contributed by atoms with van der Waals surface area (Å²) >= 11 is 0. The third kappa shape index (κ3) is 3.18. The van der Waals surface area contributed by atoms with Crippen LogP contribution < -0.4 is 11.3 Å². The van der Waals surface area contributed by atoms with Crippen molar-refractivity contribution in [1.29, 1.82) is 0 Å². The van der Waals surface area contributed by atoms with Gasteiger partial charge in [0.1, 0.15) is 0 Å². The van der Waals surface area contributed by atoms with Crippen LogP contribution in [0, 0.1) is 11.8 Å². The highest BCUT2D eigenvalue weighted by Gasteiger charge is 2.26. The second-order valence-corrected chi connectivity index (χ2v) is 5.56. The summed E-state index contributed by atoms with van der Waals surface area (Å²) in [4.78, 5) is 0. The molecule has 0 aromatic rings. The molecule has 2 aliphatic carbocycles. The first-order chi connectivity index (χ1) is 7.40. The summed E-state index contributed by atoms with van der Waals surface area (Å²) in [7, 11) is 0. The Kier molecular flexibility index (Phi) is 4.45. The SMILES string of the molecule is NNC(CC1CCCC1)C1CCCCC1. The first kappa shape index (κ1) is 11.4. The van der Waals surface area contributed by atoms with E-state index in [1.54, 1.807) is 0 Å². The highest BCUT2D eigenvalue weighted by atomic mass is 15.2. The van der Waals surface area contributed by atoms with Crippen LogP contribution in [-0.4, -0.2) is 6.04 Å². The molecular formula is C13H26N2. The monoisotopic (exact) mass is 210 g/mol. The second kappa shape index (κ2) is 5.86. The molecule has 1 atom stereocenters. The van der Waals surface area contributed by atoms with Crippen molar-refractivity contribution in [3.05, 3.63) is 0 Å². The van der Waals surface area contributed by atoms with Gasteiger partial charge in [0.05, 0.1) is 0 Å². The van der Waals surface area contributed by atoms with Gasteiger partial charge in [0.2, 0.25) is 0 Å². The first-order valence-electron chi connectivity index (χ1n) is 6.86. The van der Waals surface area contributed by atoms with Crippen molar-refractivity contribution in [1.82, 2.24) is 5.43 Å². The van der Waals surface area contributed by atoms with Crippen molar-refractivity contribution in [2.45, 2.75) is 70.3 Å². The van der Waals surface area contributed by atoms with Gasteiger partial charge in [-0.25, -0.2) is 0 Å². The summed E-state index contributed by atoms with van der Waals surface area (Å²) in [6.07, 6.45) is 14.2. The fourth-order valence-electron chi connectivity index (χ4n) is 3.54. The molecular weight excluding hydrogens is 184 g/mol. The van der Waals surface area contributed by atoms with Crippen molar-refractivity contribution in [2.75, 3.05) is 0 Å². The summed E-state index contributed by atoms with van der Waals surface area (Å²) < 4.78 is 0. The standard InChI is InChI=1S/C13H26N2/c14-15-13(10-11-6-4-5-7-11)12-8-2-1-3-9-12/h11-13,15H,1-10,14H2. The fraction of sp³-hybridized carbons (Fsp3) is 1.00. The number of nitrogens with two attached hydrogens (primary N) is 1. The van der Waals surface area contributed by atoms with Gasteiger partial charge in [0.25, 0.3) is 0 Å². The van der Waals surface area contributed by atoms with Gasteiger partial charge in [-0.05, 0) is 31.1 Å². The Labute approximate surface area is 94.0 Å². The predicted molar refractivity (Wildman–Crippen MR) is 64.3 cm³/mol. The molecule has 2 rings (SSSR count). The average molecular weight is 210 g/mol. The molecule has 0 spiro atoms. The van der Waals surface area contributed by atoms with E-state index in [1.807, 2.05) is 0 Å². The molecule has 0 aromatic carbocycles. The zero-order valence-electron chi connectivity index (χ0n) is 9.88. The maximum atomic E-state index is 5.73. The molecule has 2 aliphatic rings. The summed E-state index contributed by atoms with van der Waals surface area (Å²) in [5.41, 5.74) is 3.10. The van der Waals surface area contributed by atoms with Gasteiger partial charge in [0, 0.05) is 6.04 Å². The third-order valence-corrected chi connectivity index (χ3v) is 4.49. The Hall–Kier alpha value is -0.0800. The minimum Gasteiger partial charge on any atom is -0.271 e. The van der Waals surface area contributed by atoms with Crippen LogP contribution in [0.2, 0.25) is 0 Å². The molecule has 0 aromatic heterocycles. The average Bonchev–Trinajstić information content (AvgIpc) is 2.80. The van der Waals surface area contributed by atoms with E-state index in [9.17, 15) is 0 Å². The zero-order chi connectivity index (χ0) is 10.5. The van der Waals surface area contributed by atoms with Crippen LogP contribution in [0.3, 0.4) is 0 Å². The molecule has 2 saturated carbocycles. The molecule has 2 heteroatoms. The Morgan fingerprint density at radius 2 is 1.53 bits per heavy atom. The lowest BCUT2D eigenvalue weighted by molar-refractivity contribution is 0.235. The van der Waals surface area contributed by atoms with E-state index in [2.05, 4.69) is 5.43 Å². The molecule has 0 radical (unpaired) electrons. The lowest BCUT2D eigenvalue weighted by Gasteiger charge is -2.31. The number of hydrazine groups is 1. The quantitative estimate of drug-likeness (QED) is 0.553. The number of hydrogen-bond donors (Lipinski definition) is 2. The number of nitrogens with one attached hydrogen (secondary N) is 1. The number of hydrogen-bond acceptors (Lipinski definition) is 2. The third-order valence-electron chi connectivity index (χ3n) is 4.49. The maximum absolute atomic E-state index is 5.73. The summed E-state index contributed by atoms with van der Waals surface area (Å²) in [5.74, 6) is 7.56. The number of rotatable bonds is 4. The van der Waals surface area contributed by atoms with Crippen LogP contribution in [0.25, 0.3) is 0 Å². The first-order valence-corrected chi connectivity index (χ1v) is 6.86. The Morgan fingerprint density at radius 1 is 0.933 bits per heavy atom. The topological polar surface area (TPSA) is 38.0 Å². The van der Waals surface area contributed by atoms with Gasteiger partial charge in [0.15, 0.2) is 0 Å². The Balaban J connectivity index is 1.79. The molecule has 0 saturated heterocycles. The highest BCUT2D eigenvalue weighted by Crippen LogP contribution is 2.33. The van der Waals surface area contributed by atoms with Crippen LogP contribution in [0.15, 0.2) is 0 Å². The Bertz CT molecular complexity index is 169. The van der Waals surface area contributed by atoms with E-state index in [0.29, 0.717) is 6.04 Å². The van der Waals surface area contributed by atoms with Gasteiger partial charge in [-0.15, -0.1) is 0 Å². The van der Waals surface area contributed by atoms with Crippen LogP contribution in [0.5, 0.6) is 0 Å². The lowest BCUT2D eigenvalue weighted by atomic mass is 9.80. The van der Waals surface area contributed by atoms with Crippen molar-refractivity contribution < 1.29 is 0 Å². The van der Waals surface area contributed by atoms with E-state index in [1.165, 1.54) is 64.2 Å². The molecule has 15 heavy (non-hydrogen) atoms. The maximum Gasteiger partial charge on any atom is 0.0241 e. The molecule has 0 heterocycles. The fourth-order valence-corrected chi connectivity index (χ4v) is 3.54. The van der Waals surface area contributed by atoms with E-state index in [-0.39, 0.29) is 0 Å². The smallest absolute Gasteiger partial charge is 0.0241 e. The van der Waals surface area contributed by atoms with Crippen LogP contribution in [0.1, 0.15) is 64.2 Å². The molecule has 2 fully saturated rings. The van der Waals surface area contributed by atoms with Crippen molar-refractivity contribution >= 4 is 0 Å². The van der Waals surface area contributed by atoms with Gasteiger partial charge in [-0.2, -0.15) is 0 Å². The van der Waals surface area contributed by atoms with E-state index in [4.69, 9.17) is 5.84 Å². The summed E-state index contributed by atoms with van der Waals surface area (Å²) in [6.45, 7) is 0. The van der Waals surface area contributed by atoms with Crippen molar-refractivity contribution in [3.63, 3.8) is 0 Å². The molecule has 3 N–H and O–H groups in total. The van der Waals surface area contributed by atoms with Crippen LogP contribution in [-0.2, 0) is 0 Å². The van der Waals surface area contributed by atoms with E-state index in [0.717, 1.165) is 11.8 Å². The largest absolute Gasteiger partial charge is 0.271 e. The normalized spacial score (nSPS) is 27.0. The molecule has 0 aliphatic heterocycles. The Morgan fingerprint density at radius 3 is 2.13 bits per heavy atom. The zero-order valence-corrected chi connectivity index (χ0v) is 9.88. The van der Waals surface area contributed by atoms with Crippen LogP contribution in [0.4, 0.5) is 0 Å². The minimum atomic E-state index is 0.605. The lowest BCUT2D eigenvalue weighted by Crippen LogP contribution is -2.42. The van der Waals surface area contributed by atoms with Gasteiger partial charge in [-0.3, -0.25) is 11.3 Å². The van der Waals surface area contributed by atoms with Crippen LogP contribution >= 0.6 is 0 Å². The van der Waals surface area contributed by atoms with E-state index >= 15 is 0 Å². The van der Waals surface area contributed by atoms with Gasteiger partial charge < -0.3 is 0 Å². The molecule has 1 unspecified atom stereocenters. The molecule has 0 bridgehead atoms. The summed E-state index contributed by atoms with van der Waals surface area (Å²) in [6, 6.07) is 0.605. The van der Waals surface area contributed by atoms with E-state index < -0.39 is 0 Å². The van der Waals surface area contributed by atoms with Gasteiger partial charge in [-0.1, -0.05) is 44.9 Å². The molecule has 0 amide bonds. The van der Waals surface area contributed by atoms with Crippen molar-refractivity contribution in [3.8, 4) is 0 Å². The molecule has 88 valence electrons. The molecule has 2 nitrogen and oxygen atoms in total. The van der Waals surface area contributed by atoms with Crippen molar-refractivity contribution in [2.24, 2.45) is 17.7 Å². The van der Waals surface area contributed by atoms with Gasteiger partial charge >= 0.3 is 0 Å². The second-order valence-electron chi connectivity index (χ2n) is 5.56. The summed E-state index contributed by atoms with van der Waals surface area (Å²) in [5, 5.41) is 0. The predicted octanol–water partition coefficient (Wildman–Crippen LogP) is 2.98. The minimum absolute atomic E-state index is 0.605. The highest BCUT2D eigenvalue weighted by molar-refractivity contribution is 4.81.